The van der Waals surface area contributed by atoms with Crippen molar-refractivity contribution in [2.45, 2.75) is 105 Å². The minimum absolute atomic E-state index is 0.0251. The molecule has 9 rings (SSSR count). The lowest BCUT2D eigenvalue weighted by Crippen LogP contribution is -2.16. The lowest BCUT2D eigenvalue weighted by molar-refractivity contribution is 0.568. The summed E-state index contributed by atoms with van der Waals surface area (Å²) in [6.45, 7) is 27.8. The van der Waals surface area contributed by atoms with E-state index in [2.05, 4.69) is 329 Å². The Balaban J connectivity index is 1.32. The summed E-state index contributed by atoms with van der Waals surface area (Å²) >= 11 is 15.0. The highest BCUT2D eigenvalue weighted by Crippen LogP contribution is 2.49. The summed E-state index contributed by atoms with van der Waals surface area (Å²) in [5, 5.41) is 0. The van der Waals surface area contributed by atoms with Crippen molar-refractivity contribution in [3.8, 4) is 89.0 Å². The minimum atomic E-state index is -0.0251. The predicted molar refractivity (Wildman–Crippen MR) is 336 cm³/mol. The molecule has 0 aliphatic heterocycles. The molecule has 0 unspecified atom stereocenters. The Kier molecular flexibility index (Phi) is 15.1. The molecule has 0 spiro atoms. The van der Waals surface area contributed by atoms with Gasteiger partial charge in [-0.1, -0.05) is 256 Å². The van der Waals surface area contributed by atoms with E-state index in [4.69, 9.17) is 0 Å². The van der Waals surface area contributed by atoms with Crippen LogP contribution < -0.4 is 0 Å². The molecule has 9 aromatic rings. The van der Waals surface area contributed by atoms with Crippen molar-refractivity contribution in [3.63, 3.8) is 0 Å². The van der Waals surface area contributed by atoms with Crippen LogP contribution in [0.25, 0.3) is 89.0 Å². The van der Waals surface area contributed by atoms with Crippen molar-refractivity contribution in [2.75, 3.05) is 0 Å². The standard InChI is InChI=1S/C70H66Br4/c1-67(2,3)53-33-49(34-54(41-53)68(4,5)6)51-37-61(43-17-25-57(71)26-18-43)65(62(38-51)44-19-27-58(72)28-20-44)47-13-15-48(16-14-47)66-63(45-21-29-59(73)30-22-45)39-52(40-64(66)46-23-31-60(74)32-24-46)50-35-55(69(7,8)9)42-56(36-50)70(10,11)12/h13-42H,1-12H3. The summed E-state index contributed by atoms with van der Waals surface area (Å²) in [4.78, 5) is 0. The van der Waals surface area contributed by atoms with Crippen LogP contribution in [-0.2, 0) is 21.7 Å². The molecule has 0 radical (unpaired) electrons. The molecular formula is C70H66Br4. The topological polar surface area (TPSA) is 0 Å². The zero-order valence-corrected chi connectivity index (χ0v) is 51.2. The Morgan fingerprint density at radius 1 is 0.203 bits per heavy atom. The maximum absolute atomic E-state index is 3.76. The summed E-state index contributed by atoms with van der Waals surface area (Å²) in [6.07, 6.45) is 0. The molecule has 0 saturated carbocycles. The number of benzene rings is 9. The first kappa shape index (κ1) is 53.7. The van der Waals surface area contributed by atoms with Crippen LogP contribution in [0.3, 0.4) is 0 Å². The Morgan fingerprint density at radius 2 is 0.378 bits per heavy atom. The molecule has 0 fully saturated rings. The van der Waals surface area contributed by atoms with Gasteiger partial charge in [0.25, 0.3) is 0 Å². The van der Waals surface area contributed by atoms with Crippen LogP contribution in [0.5, 0.6) is 0 Å². The third kappa shape index (κ3) is 11.8. The van der Waals surface area contributed by atoms with Gasteiger partial charge in [-0.15, -0.1) is 0 Å². The van der Waals surface area contributed by atoms with E-state index in [0.29, 0.717) is 0 Å². The van der Waals surface area contributed by atoms with Crippen molar-refractivity contribution < 1.29 is 0 Å². The maximum Gasteiger partial charge on any atom is 0.0175 e. The normalized spacial score (nSPS) is 12.3. The number of hydrogen-bond donors (Lipinski definition) is 0. The molecule has 0 N–H and O–H groups in total. The Hall–Kier alpha value is -5.10. The highest BCUT2D eigenvalue weighted by atomic mass is 79.9. The highest BCUT2D eigenvalue weighted by molar-refractivity contribution is 9.11. The fourth-order valence-corrected chi connectivity index (χ4v) is 10.8. The van der Waals surface area contributed by atoms with E-state index >= 15 is 0 Å². The van der Waals surface area contributed by atoms with Crippen LogP contribution in [0, 0.1) is 0 Å². The van der Waals surface area contributed by atoms with Crippen molar-refractivity contribution in [2.24, 2.45) is 0 Å². The molecule has 0 atom stereocenters. The molecule has 0 saturated heterocycles. The van der Waals surface area contributed by atoms with E-state index in [1.54, 1.807) is 0 Å². The maximum atomic E-state index is 3.76. The van der Waals surface area contributed by atoms with Gasteiger partial charge in [0.15, 0.2) is 0 Å². The number of rotatable bonds is 8. The van der Waals surface area contributed by atoms with Crippen molar-refractivity contribution in [1.82, 2.24) is 0 Å². The van der Waals surface area contributed by atoms with Crippen LogP contribution in [-0.4, -0.2) is 0 Å². The monoisotopic (exact) mass is 1220 g/mol. The van der Waals surface area contributed by atoms with Crippen molar-refractivity contribution in [3.05, 3.63) is 222 Å². The molecular weight excluding hydrogens is 1160 g/mol. The number of hydrogen-bond acceptors (Lipinski definition) is 0. The summed E-state index contributed by atoms with van der Waals surface area (Å²) in [6, 6.07) is 68.8. The average Bonchev–Trinajstić information content (AvgIpc) is 3.35. The second-order valence-corrected chi connectivity index (χ2v) is 27.8. The summed E-state index contributed by atoms with van der Waals surface area (Å²) in [7, 11) is 0. The SMILES string of the molecule is CC(C)(C)c1cc(-c2cc(-c3ccc(Br)cc3)c(-c3ccc(-c4c(-c5ccc(Br)cc5)cc(-c5cc(C(C)(C)C)cc(C(C)(C)C)c5)cc4-c4ccc(Br)cc4)cc3)c(-c3ccc(Br)cc3)c2)cc(C(C)(C)C)c1. The molecule has 9 aromatic carbocycles. The van der Waals surface area contributed by atoms with Gasteiger partial charge in [-0.05, 0) is 206 Å². The van der Waals surface area contributed by atoms with E-state index in [0.717, 1.165) is 51.3 Å². The van der Waals surface area contributed by atoms with Gasteiger partial charge in [-0.25, -0.2) is 0 Å². The van der Waals surface area contributed by atoms with Gasteiger partial charge in [0.05, 0.1) is 0 Å². The molecule has 0 aromatic heterocycles. The van der Waals surface area contributed by atoms with Crippen molar-refractivity contribution >= 4 is 63.7 Å². The van der Waals surface area contributed by atoms with E-state index in [-0.39, 0.29) is 21.7 Å². The average molecular weight is 1230 g/mol. The molecule has 0 heterocycles. The Labute approximate surface area is 475 Å². The van der Waals surface area contributed by atoms with Crippen LogP contribution >= 0.6 is 63.7 Å². The largest absolute Gasteiger partial charge is 0.0561 e. The van der Waals surface area contributed by atoms with Crippen LogP contribution in [0.2, 0.25) is 0 Å². The molecule has 74 heavy (non-hydrogen) atoms. The van der Waals surface area contributed by atoms with Gasteiger partial charge in [0.1, 0.15) is 0 Å². The Bertz CT molecular complexity index is 3060. The lowest BCUT2D eigenvalue weighted by Gasteiger charge is -2.27. The van der Waals surface area contributed by atoms with Crippen molar-refractivity contribution in [1.29, 1.82) is 0 Å². The van der Waals surface area contributed by atoms with Gasteiger partial charge in [-0.2, -0.15) is 0 Å². The predicted octanol–water partition coefficient (Wildman–Crippen LogP) is 23.3. The molecule has 0 amide bonds. The zero-order chi connectivity index (χ0) is 53.1. The van der Waals surface area contributed by atoms with E-state index in [9.17, 15) is 0 Å². The summed E-state index contributed by atoms with van der Waals surface area (Å²) < 4.78 is 4.20. The van der Waals surface area contributed by atoms with Gasteiger partial charge in [0.2, 0.25) is 0 Å². The van der Waals surface area contributed by atoms with Gasteiger partial charge < -0.3 is 0 Å². The van der Waals surface area contributed by atoms with E-state index in [1.165, 1.54) is 77.9 Å². The van der Waals surface area contributed by atoms with E-state index in [1.807, 2.05) is 0 Å². The van der Waals surface area contributed by atoms with Gasteiger partial charge >= 0.3 is 0 Å². The summed E-state index contributed by atoms with van der Waals surface area (Å²) in [5.74, 6) is 0. The summed E-state index contributed by atoms with van der Waals surface area (Å²) in [5.41, 5.74) is 24.1. The quantitative estimate of drug-likeness (QED) is 0.142. The Morgan fingerprint density at radius 3 is 0.568 bits per heavy atom. The van der Waals surface area contributed by atoms with Gasteiger partial charge in [-0.3, -0.25) is 0 Å². The molecule has 0 aliphatic rings. The van der Waals surface area contributed by atoms with Crippen LogP contribution in [0.4, 0.5) is 0 Å². The smallest absolute Gasteiger partial charge is 0.0175 e. The lowest BCUT2D eigenvalue weighted by atomic mass is 9.78. The first-order chi connectivity index (χ1) is 34.8. The first-order valence-electron chi connectivity index (χ1n) is 25.6. The van der Waals surface area contributed by atoms with Crippen LogP contribution in [0.15, 0.2) is 200 Å². The third-order valence-corrected chi connectivity index (χ3v) is 16.5. The first-order valence-corrected chi connectivity index (χ1v) is 28.8. The molecule has 0 bridgehead atoms. The fourth-order valence-electron chi connectivity index (χ4n) is 9.79. The third-order valence-electron chi connectivity index (χ3n) is 14.4. The molecule has 374 valence electrons. The van der Waals surface area contributed by atoms with Gasteiger partial charge in [0, 0.05) is 17.9 Å². The van der Waals surface area contributed by atoms with E-state index < -0.39 is 0 Å². The second kappa shape index (κ2) is 20.8. The van der Waals surface area contributed by atoms with Crippen LogP contribution in [0.1, 0.15) is 105 Å². The minimum Gasteiger partial charge on any atom is -0.0561 e. The molecule has 0 aliphatic carbocycles. The highest BCUT2D eigenvalue weighted by Gasteiger charge is 2.26. The molecule has 4 heteroatoms. The zero-order valence-electron chi connectivity index (χ0n) is 44.8. The number of halogens is 4. The molecule has 0 nitrogen and oxygen atoms in total. The fraction of sp³-hybridized carbons (Fsp3) is 0.229. The second-order valence-electron chi connectivity index (χ2n) is 24.1.